The Balaban J connectivity index is 2.21. The average molecular weight is 296 g/mol. The van der Waals surface area contributed by atoms with Gasteiger partial charge in [0.1, 0.15) is 0 Å². The van der Waals surface area contributed by atoms with Gasteiger partial charge >= 0.3 is 0 Å². The number of nitrogens with two attached hydrogens (primary N) is 1. The Bertz CT molecular complexity index is 539. The zero-order chi connectivity index (χ0) is 14.8. The van der Waals surface area contributed by atoms with E-state index in [9.17, 15) is 8.42 Å². The van der Waals surface area contributed by atoms with Gasteiger partial charge in [-0.2, -0.15) is 4.31 Å². The van der Waals surface area contributed by atoms with Gasteiger partial charge in [-0.05, 0) is 48.9 Å². The van der Waals surface area contributed by atoms with Gasteiger partial charge in [0.05, 0.1) is 4.90 Å². The number of hydrogen-bond donors (Lipinski definition) is 1. The van der Waals surface area contributed by atoms with Crippen molar-refractivity contribution in [3.05, 3.63) is 29.8 Å². The molecule has 0 aromatic heterocycles. The maximum atomic E-state index is 12.6. The monoisotopic (exact) mass is 296 g/mol. The lowest BCUT2D eigenvalue weighted by atomic mass is 9.88. The molecule has 20 heavy (non-hydrogen) atoms. The van der Waals surface area contributed by atoms with Gasteiger partial charge in [-0.1, -0.05) is 26.0 Å². The molecule has 0 amide bonds. The molecule has 1 heterocycles. The third-order valence-electron chi connectivity index (χ3n) is 4.35. The molecule has 112 valence electrons. The van der Waals surface area contributed by atoms with Crippen LogP contribution in [0.15, 0.2) is 29.2 Å². The zero-order valence-corrected chi connectivity index (χ0v) is 13.1. The van der Waals surface area contributed by atoms with Crippen LogP contribution in [0, 0.1) is 11.8 Å². The quantitative estimate of drug-likeness (QED) is 0.922. The number of sulfonamides is 1. The van der Waals surface area contributed by atoms with Crippen molar-refractivity contribution < 1.29 is 8.42 Å². The molecule has 1 fully saturated rings. The Hall–Kier alpha value is -0.910. The summed E-state index contributed by atoms with van der Waals surface area (Å²) in [5, 5.41) is 0. The van der Waals surface area contributed by atoms with Crippen LogP contribution < -0.4 is 5.73 Å². The second-order valence-corrected chi connectivity index (χ2v) is 7.56. The van der Waals surface area contributed by atoms with Crippen LogP contribution in [0.4, 0.5) is 0 Å². The van der Waals surface area contributed by atoms with Gasteiger partial charge in [0.25, 0.3) is 0 Å². The van der Waals surface area contributed by atoms with Crippen LogP contribution in [-0.4, -0.2) is 32.4 Å². The molecule has 0 aliphatic carbocycles. The lowest BCUT2D eigenvalue weighted by Crippen LogP contribution is -2.45. The fourth-order valence-corrected chi connectivity index (χ4v) is 4.20. The van der Waals surface area contributed by atoms with Crippen LogP contribution in [0.5, 0.6) is 0 Å². The summed E-state index contributed by atoms with van der Waals surface area (Å²) in [6.45, 7) is 5.88. The standard InChI is InChI=1S/C15H24N2O2S/c1-3-13-4-6-15(7-5-13)20(18,19)17-9-8-12(2)14(10-16)11-17/h4-7,12,14H,3,8-11,16H2,1-2H3. The van der Waals surface area contributed by atoms with Gasteiger partial charge in [-0.3, -0.25) is 0 Å². The second kappa shape index (κ2) is 6.24. The Labute approximate surface area is 122 Å². The maximum absolute atomic E-state index is 12.6. The van der Waals surface area contributed by atoms with Crippen molar-refractivity contribution in [3.8, 4) is 0 Å². The van der Waals surface area contributed by atoms with Crippen molar-refractivity contribution in [1.82, 2.24) is 4.31 Å². The van der Waals surface area contributed by atoms with E-state index in [1.807, 2.05) is 12.1 Å². The minimum absolute atomic E-state index is 0.258. The molecule has 1 aromatic carbocycles. The number of benzene rings is 1. The lowest BCUT2D eigenvalue weighted by molar-refractivity contribution is 0.203. The van der Waals surface area contributed by atoms with E-state index in [0.29, 0.717) is 30.4 Å². The first kappa shape index (κ1) is 15.5. The predicted molar refractivity (Wildman–Crippen MR) is 80.9 cm³/mol. The van der Waals surface area contributed by atoms with Gasteiger partial charge in [-0.15, -0.1) is 0 Å². The fraction of sp³-hybridized carbons (Fsp3) is 0.600. The van der Waals surface area contributed by atoms with E-state index < -0.39 is 10.0 Å². The molecule has 1 saturated heterocycles. The van der Waals surface area contributed by atoms with Crippen LogP contribution in [-0.2, 0) is 16.4 Å². The number of hydrogen-bond acceptors (Lipinski definition) is 3. The maximum Gasteiger partial charge on any atom is 0.243 e. The van der Waals surface area contributed by atoms with E-state index in [1.54, 1.807) is 16.4 Å². The van der Waals surface area contributed by atoms with E-state index >= 15 is 0 Å². The number of rotatable bonds is 4. The lowest BCUT2D eigenvalue weighted by Gasteiger charge is -2.35. The molecule has 0 bridgehead atoms. The summed E-state index contributed by atoms with van der Waals surface area (Å²) in [5.74, 6) is 0.752. The molecule has 0 radical (unpaired) electrons. The summed E-state index contributed by atoms with van der Waals surface area (Å²) in [4.78, 5) is 0.389. The molecule has 1 aromatic rings. The van der Waals surface area contributed by atoms with Crippen LogP contribution in [0.2, 0.25) is 0 Å². The largest absolute Gasteiger partial charge is 0.330 e. The normalized spacial score (nSPS) is 24.8. The van der Waals surface area contributed by atoms with Crippen LogP contribution >= 0.6 is 0 Å². The number of piperidine rings is 1. The molecular formula is C15H24N2O2S. The van der Waals surface area contributed by atoms with Gasteiger partial charge in [0.15, 0.2) is 0 Å². The molecule has 2 atom stereocenters. The Morgan fingerprint density at radius 3 is 2.50 bits per heavy atom. The van der Waals surface area contributed by atoms with Gasteiger partial charge in [-0.25, -0.2) is 8.42 Å². The van der Waals surface area contributed by atoms with E-state index in [1.165, 1.54) is 0 Å². The topological polar surface area (TPSA) is 63.4 Å². The zero-order valence-electron chi connectivity index (χ0n) is 12.2. The van der Waals surface area contributed by atoms with Crippen LogP contribution in [0.1, 0.15) is 25.8 Å². The summed E-state index contributed by atoms with van der Waals surface area (Å²) < 4.78 is 26.9. The van der Waals surface area contributed by atoms with Crippen molar-refractivity contribution in [2.24, 2.45) is 17.6 Å². The first-order valence-electron chi connectivity index (χ1n) is 7.28. The molecule has 0 saturated carbocycles. The summed E-state index contributed by atoms with van der Waals surface area (Å²) in [6, 6.07) is 7.20. The minimum Gasteiger partial charge on any atom is -0.330 e. The van der Waals surface area contributed by atoms with Crippen molar-refractivity contribution in [2.45, 2.75) is 31.6 Å². The second-order valence-electron chi connectivity index (χ2n) is 5.62. The Morgan fingerprint density at radius 2 is 1.95 bits per heavy atom. The fourth-order valence-electron chi connectivity index (χ4n) is 2.69. The number of nitrogens with zero attached hydrogens (tertiary/aromatic N) is 1. The molecule has 1 aliphatic heterocycles. The Morgan fingerprint density at radius 1 is 1.30 bits per heavy atom. The summed E-state index contributed by atoms with van der Waals surface area (Å²) in [7, 11) is -3.38. The van der Waals surface area contributed by atoms with Crippen molar-refractivity contribution in [3.63, 3.8) is 0 Å². The Kier molecular flexibility index (Phi) is 4.83. The summed E-state index contributed by atoms with van der Waals surface area (Å²) >= 11 is 0. The SMILES string of the molecule is CCc1ccc(S(=O)(=O)N2CCC(C)C(CN)C2)cc1. The first-order valence-corrected chi connectivity index (χ1v) is 8.72. The first-order chi connectivity index (χ1) is 9.48. The summed E-state index contributed by atoms with van der Waals surface area (Å²) in [5.41, 5.74) is 6.90. The molecule has 5 heteroatoms. The van der Waals surface area contributed by atoms with E-state index in [0.717, 1.165) is 18.4 Å². The van der Waals surface area contributed by atoms with E-state index in [4.69, 9.17) is 5.73 Å². The third kappa shape index (κ3) is 3.05. The number of aryl methyl sites for hydroxylation is 1. The molecule has 1 aliphatic rings. The minimum atomic E-state index is -3.38. The van der Waals surface area contributed by atoms with Gasteiger partial charge < -0.3 is 5.73 Å². The predicted octanol–water partition coefficient (Wildman–Crippen LogP) is 1.85. The van der Waals surface area contributed by atoms with Crippen molar-refractivity contribution >= 4 is 10.0 Å². The smallest absolute Gasteiger partial charge is 0.243 e. The highest BCUT2D eigenvalue weighted by Crippen LogP contribution is 2.27. The van der Waals surface area contributed by atoms with E-state index in [-0.39, 0.29) is 5.92 Å². The highest BCUT2D eigenvalue weighted by Gasteiger charge is 2.32. The molecule has 4 nitrogen and oxygen atoms in total. The molecule has 2 unspecified atom stereocenters. The van der Waals surface area contributed by atoms with Crippen LogP contribution in [0.25, 0.3) is 0 Å². The molecular weight excluding hydrogens is 272 g/mol. The van der Waals surface area contributed by atoms with E-state index in [2.05, 4.69) is 13.8 Å². The molecule has 0 spiro atoms. The van der Waals surface area contributed by atoms with Crippen LogP contribution in [0.3, 0.4) is 0 Å². The van der Waals surface area contributed by atoms with Gasteiger partial charge in [0, 0.05) is 13.1 Å². The van der Waals surface area contributed by atoms with Crippen molar-refractivity contribution in [2.75, 3.05) is 19.6 Å². The van der Waals surface area contributed by atoms with Crippen molar-refractivity contribution in [1.29, 1.82) is 0 Å². The molecule has 2 rings (SSSR count). The molecule has 2 N–H and O–H groups in total. The summed E-state index contributed by atoms with van der Waals surface area (Å²) in [6.07, 6.45) is 1.80. The van der Waals surface area contributed by atoms with Gasteiger partial charge in [0.2, 0.25) is 10.0 Å². The average Bonchev–Trinajstić information content (AvgIpc) is 2.47. The highest BCUT2D eigenvalue weighted by atomic mass is 32.2. The highest BCUT2D eigenvalue weighted by molar-refractivity contribution is 7.89. The third-order valence-corrected chi connectivity index (χ3v) is 6.23.